The third-order valence-corrected chi connectivity index (χ3v) is 3.71. The van der Waals surface area contributed by atoms with Gasteiger partial charge in [-0.2, -0.15) is 0 Å². The molecule has 1 N–H and O–H groups in total. The summed E-state index contributed by atoms with van der Waals surface area (Å²) in [5.41, 5.74) is -0.166. The van der Waals surface area contributed by atoms with Gasteiger partial charge >= 0.3 is 0 Å². The Balaban J connectivity index is 2.28. The van der Waals surface area contributed by atoms with Crippen LogP contribution in [0.5, 0.6) is 0 Å². The third-order valence-electron chi connectivity index (χ3n) is 2.98. The largest absolute Gasteiger partial charge is 0.369 e. The molecule has 1 atom stereocenters. The highest BCUT2D eigenvalue weighted by Gasteiger charge is 2.33. The van der Waals surface area contributed by atoms with Crippen molar-refractivity contribution in [3.05, 3.63) is 10.8 Å². The predicted octanol–water partition coefficient (Wildman–Crippen LogP) is 2.67. The normalized spacial score (nSPS) is 22.4. The van der Waals surface area contributed by atoms with Gasteiger partial charge in [-0.15, -0.1) is 0 Å². The van der Waals surface area contributed by atoms with E-state index < -0.39 is 0 Å². The Morgan fingerprint density at radius 3 is 2.89 bits per heavy atom. The Bertz CT molecular complexity index is 452. The second-order valence-electron chi connectivity index (χ2n) is 5.46. The highest BCUT2D eigenvalue weighted by molar-refractivity contribution is 9.10. The molecule has 2 heterocycles. The molecule has 6 heteroatoms. The van der Waals surface area contributed by atoms with Crippen molar-refractivity contribution in [3.63, 3.8) is 0 Å². The quantitative estimate of drug-likeness (QED) is 0.924. The Hall–Kier alpha value is -0.880. The molecule has 1 fully saturated rings. The number of anilines is 2. The smallest absolute Gasteiger partial charge is 0.148 e. The molecule has 0 aliphatic carbocycles. The van der Waals surface area contributed by atoms with Crippen molar-refractivity contribution in [2.45, 2.75) is 39.4 Å². The van der Waals surface area contributed by atoms with Gasteiger partial charge in [-0.05, 0) is 43.6 Å². The van der Waals surface area contributed by atoms with E-state index in [0.29, 0.717) is 0 Å². The fourth-order valence-corrected chi connectivity index (χ4v) is 3.08. The Kier molecular flexibility index (Phi) is 4.30. The molecule has 1 aromatic heterocycles. The second kappa shape index (κ2) is 5.63. The standard InChI is InChI=1S/C13H21BrN4O/c1-5-15-11-10(14)12(17-8-16-11)18-6-9(2)19-13(3,4)7-18/h8-9H,5-7H2,1-4H3,(H,15,16,17). The Labute approximate surface area is 122 Å². The van der Waals surface area contributed by atoms with Crippen molar-refractivity contribution in [1.29, 1.82) is 0 Å². The molecule has 5 nitrogen and oxygen atoms in total. The van der Waals surface area contributed by atoms with E-state index in [1.165, 1.54) is 0 Å². The number of aromatic nitrogens is 2. The van der Waals surface area contributed by atoms with Gasteiger partial charge in [-0.25, -0.2) is 9.97 Å². The van der Waals surface area contributed by atoms with E-state index in [2.05, 4.69) is 56.9 Å². The lowest BCUT2D eigenvalue weighted by Gasteiger charge is -2.42. The van der Waals surface area contributed by atoms with Gasteiger partial charge in [0.2, 0.25) is 0 Å². The van der Waals surface area contributed by atoms with Crippen LogP contribution < -0.4 is 10.2 Å². The zero-order valence-corrected chi connectivity index (χ0v) is 13.5. The third kappa shape index (κ3) is 3.36. The molecule has 0 amide bonds. The predicted molar refractivity (Wildman–Crippen MR) is 80.7 cm³/mol. The monoisotopic (exact) mass is 328 g/mol. The molecule has 1 aliphatic rings. The van der Waals surface area contributed by atoms with Crippen molar-refractivity contribution in [3.8, 4) is 0 Å². The summed E-state index contributed by atoms with van der Waals surface area (Å²) in [7, 11) is 0. The van der Waals surface area contributed by atoms with Crippen molar-refractivity contribution in [2.75, 3.05) is 29.9 Å². The van der Waals surface area contributed by atoms with Crippen LogP contribution in [-0.2, 0) is 4.74 Å². The molecule has 0 radical (unpaired) electrons. The molecule has 2 rings (SSSR count). The van der Waals surface area contributed by atoms with Crippen LogP contribution in [0.1, 0.15) is 27.7 Å². The Morgan fingerprint density at radius 1 is 1.53 bits per heavy atom. The molecular weight excluding hydrogens is 308 g/mol. The maximum Gasteiger partial charge on any atom is 0.148 e. The molecule has 1 aliphatic heterocycles. The summed E-state index contributed by atoms with van der Waals surface area (Å²) < 4.78 is 6.85. The van der Waals surface area contributed by atoms with Crippen LogP contribution in [-0.4, -0.2) is 41.3 Å². The SMILES string of the molecule is CCNc1ncnc(N2CC(C)OC(C)(C)C2)c1Br. The number of nitrogens with zero attached hydrogens (tertiary/aromatic N) is 3. The van der Waals surface area contributed by atoms with E-state index in [1.807, 2.05) is 6.92 Å². The average molecular weight is 329 g/mol. The van der Waals surface area contributed by atoms with Crippen LogP contribution in [0.3, 0.4) is 0 Å². The fourth-order valence-electron chi connectivity index (χ4n) is 2.49. The molecule has 0 aromatic carbocycles. The minimum Gasteiger partial charge on any atom is -0.369 e. The summed E-state index contributed by atoms with van der Waals surface area (Å²) in [6.45, 7) is 10.8. The van der Waals surface area contributed by atoms with Gasteiger partial charge in [-0.1, -0.05) is 0 Å². The highest BCUT2D eigenvalue weighted by atomic mass is 79.9. The van der Waals surface area contributed by atoms with Crippen molar-refractivity contribution < 1.29 is 4.74 Å². The summed E-state index contributed by atoms with van der Waals surface area (Å²) in [4.78, 5) is 10.9. The van der Waals surface area contributed by atoms with Gasteiger partial charge in [0.05, 0.1) is 11.7 Å². The van der Waals surface area contributed by atoms with Gasteiger partial charge in [0.1, 0.15) is 22.4 Å². The lowest BCUT2D eigenvalue weighted by molar-refractivity contribution is -0.0752. The molecule has 1 unspecified atom stereocenters. The van der Waals surface area contributed by atoms with Crippen molar-refractivity contribution >= 4 is 27.6 Å². The Morgan fingerprint density at radius 2 is 2.26 bits per heavy atom. The van der Waals surface area contributed by atoms with Gasteiger partial charge in [0.25, 0.3) is 0 Å². The fraction of sp³-hybridized carbons (Fsp3) is 0.692. The number of hydrogen-bond acceptors (Lipinski definition) is 5. The first-order chi connectivity index (χ1) is 8.93. The zero-order chi connectivity index (χ0) is 14.0. The highest BCUT2D eigenvalue weighted by Crippen LogP contribution is 2.32. The van der Waals surface area contributed by atoms with E-state index >= 15 is 0 Å². The van der Waals surface area contributed by atoms with E-state index in [0.717, 1.165) is 35.7 Å². The summed E-state index contributed by atoms with van der Waals surface area (Å²) in [5, 5.41) is 3.23. The first kappa shape index (κ1) is 14.5. The molecular formula is C13H21BrN4O. The van der Waals surface area contributed by atoms with Crippen LogP contribution in [0.2, 0.25) is 0 Å². The first-order valence-electron chi connectivity index (χ1n) is 6.60. The molecule has 0 saturated carbocycles. The first-order valence-corrected chi connectivity index (χ1v) is 7.39. The lowest BCUT2D eigenvalue weighted by Crippen LogP contribution is -2.52. The van der Waals surface area contributed by atoms with Crippen LogP contribution >= 0.6 is 15.9 Å². The number of hydrogen-bond donors (Lipinski definition) is 1. The van der Waals surface area contributed by atoms with E-state index in [1.54, 1.807) is 6.33 Å². The van der Waals surface area contributed by atoms with Gasteiger partial charge in [-0.3, -0.25) is 0 Å². The van der Waals surface area contributed by atoms with E-state index in [9.17, 15) is 0 Å². The van der Waals surface area contributed by atoms with Crippen LogP contribution in [0, 0.1) is 0 Å². The number of nitrogens with one attached hydrogen (secondary N) is 1. The minimum absolute atomic E-state index is 0.166. The minimum atomic E-state index is -0.166. The maximum absolute atomic E-state index is 5.93. The number of halogens is 1. The molecule has 0 spiro atoms. The number of morpholine rings is 1. The maximum atomic E-state index is 5.93. The van der Waals surface area contributed by atoms with Gasteiger partial charge < -0.3 is 15.0 Å². The van der Waals surface area contributed by atoms with Crippen molar-refractivity contribution in [1.82, 2.24) is 9.97 Å². The summed E-state index contributed by atoms with van der Waals surface area (Å²) in [5.74, 6) is 1.76. The van der Waals surface area contributed by atoms with Crippen LogP contribution in [0.25, 0.3) is 0 Å². The zero-order valence-electron chi connectivity index (χ0n) is 11.9. The summed E-state index contributed by atoms with van der Waals surface area (Å²) in [6.07, 6.45) is 1.79. The van der Waals surface area contributed by atoms with Crippen LogP contribution in [0.15, 0.2) is 10.8 Å². The van der Waals surface area contributed by atoms with Gasteiger partial charge in [0, 0.05) is 19.6 Å². The molecule has 106 valence electrons. The van der Waals surface area contributed by atoms with E-state index in [-0.39, 0.29) is 11.7 Å². The van der Waals surface area contributed by atoms with Crippen LogP contribution in [0.4, 0.5) is 11.6 Å². The number of ether oxygens (including phenoxy) is 1. The summed E-state index contributed by atoms with van der Waals surface area (Å²) >= 11 is 3.61. The molecule has 19 heavy (non-hydrogen) atoms. The number of rotatable bonds is 3. The second-order valence-corrected chi connectivity index (χ2v) is 6.25. The summed E-state index contributed by atoms with van der Waals surface area (Å²) in [6, 6.07) is 0. The molecule has 1 aromatic rings. The molecule has 0 bridgehead atoms. The molecule has 1 saturated heterocycles. The lowest BCUT2D eigenvalue weighted by atomic mass is 10.1. The van der Waals surface area contributed by atoms with Gasteiger partial charge in [0.15, 0.2) is 0 Å². The topological polar surface area (TPSA) is 50.3 Å². The average Bonchev–Trinajstić information content (AvgIpc) is 2.29. The van der Waals surface area contributed by atoms with Crippen molar-refractivity contribution in [2.24, 2.45) is 0 Å². The van der Waals surface area contributed by atoms with E-state index in [4.69, 9.17) is 4.74 Å².